The molecule has 23 heavy (non-hydrogen) atoms. The molecule has 0 fully saturated rings. The van der Waals surface area contributed by atoms with E-state index < -0.39 is 0 Å². The van der Waals surface area contributed by atoms with Gasteiger partial charge in [-0.2, -0.15) is 0 Å². The fourth-order valence-corrected chi connectivity index (χ4v) is 2.75. The van der Waals surface area contributed by atoms with Gasteiger partial charge in [-0.25, -0.2) is 0 Å². The van der Waals surface area contributed by atoms with Crippen LogP contribution in [0.25, 0.3) is 6.08 Å². The van der Waals surface area contributed by atoms with Crippen LogP contribution in [0.2, 0.25) is 0 Å². The molecule has 0 saturated carbocycles. The minimum atomic E-state index is -0.335. The lowest BCUT2D eigenvalue weighted by molar-refractivity contribution is 0.158. The fraction of sp³-hybridized carbons (Fsp3) is 0.300. The van der Waals surface area contributed by atoms with E-state index in [1.54, 1.807) is 6.07 Å². The summed E-state index contributed by atoms with van der Waals surface area (Å²) in [5, 5.41) is 13.8. The van der Waals surface area contributed by atoms with Crippen molar-refractivity contribution in [2.24, 2.45) is 0 Å². The molecule has 3 heteroatoms. The summed E-state index contributed by atoms with van der Waals surface area (Å²) in [6.07, 6.45) is 4.10. The topological polar surface area (TPSA) is 41.5 Å². The van der Waals surface area contributed by atoms with Crippen molar-refractivity contribution < 1.29 is 9.84 Å². The number of benzene rings is 2. The van der Waals surface area contributed by atoms with Gasteiger partial charge in [0.15, 0.2) is 0 Å². The number of nitrogens with one attached hydrogen (secondary N) is 1. The molecule has 2 N–H and O–H groups in total. The van der Waals surface area contributed by atoms with Gasteiger partial charge in [0.1, 0.15) is 17.1 Å². The molecule has 0 aliphatic carbocycles. The summed E-state index contributed by atoms with van der Waals surface area (Å²) in [4.78, 5) is 0. The second-order valence-corrected chi connectivity index (χ2v) is 6.58. The van der Waals surface area contributed by atoms with E-state index in [1.807, 2.05) is 44.2 Å². The van der Waals surface area contributed by atoms with Crippen LogP contribution >= 0.6 is 0 Å². The SMILES string of the molecule is C[C@H](NCc1ccccc1)c1cc2c(cc1O)OC(C)(C)C=C2. The normalized spacial score (nSPS) is 16.5. The first-order valence-corrected chi connectivity index (χ1v) is 7.97. The van der Waals surface area contributed by atoms with Crippen molar-refractivity contribution in [2.75, 3.05) is 0 Å². The van der Waals surface area contributed by atoms with Gasteiger partial charge < -0.3 is 15.2 Å². The Morgan fingerprint density at radius 2 is 1.91 bits per heavy atom. The van der Waals surface area contributed by atoms with Gasteiger partial charge >= 0.3 is 0 Å². The second kappa shape index (κ2) is 6.09. The molecule has 1 aliphatic heterocycles. The van der Waals surface area contributed by atoms with Crippen LogP contribution in [0.1, 0.15) is 43.5 Å². The zero-order valence-electron chi connectivity index (χ0n) is 13.8. The molecule has 1 heterocycles. The van der Waals surface area contributed by atoms with Crippen molar-refractivity contribution in [1.82, 2.24) is 5.32 Å². The lowest BCUT2D eigenvalue weighted by Gasteiger charge is -2.29. The smallest absolute Gasteiger partial charge is 0.131 e. The Labute approximate surface area is 137 Å². The highest BCUT2D eigenvalue weighted by Crippen LogP contribution is 2.37. The van der Waals surface area contributed by atoms with Gasteiger partial charge in [0.25, 0.3) is 0 Å². The lowest BCUT2D eigenvalue weighted by Crippen LogP contribution is -2.27. The van der Waals surface area contributed by atoms with Crippen LogP contribution in [0.3, 0.4) is 0 Å². The molecule has 120 valence electrons. The highest BCUT2D eigenvalue weighted by molar-refractivity contribution is 5.64. The van der Waals surface area contributed by atoms with Crippen LogP contribution in [-0.2, 0) is 6.54 Å². The maximum atomic E-state index is 10.4. The van der Waals surface area contributed by atoms with Crippen molar-refractivity contribution in [3.8, 4) is 11.5 Å². The molecule has 1 atom stereocenters. The monoisotopic (exact) mass is 309 g/mol. The predicted molar refractivity (Wildman–Crippen MR) is 93.5 cm³/mol. The highest BCUT2D eigenvalue weighted by atomic mass is 16.5. The zero-order chi connectivity index (χ0) is 16.4. The Morgan fingerprint density at radius 3 is 2.65 bits per heavy atom. The Bertz CT molecular complexity index is 720. The van der Waals surface area contributed by atoms with Crippen molar-refractivity contribution in [3.63, 3.8) is 0 Å². The van der Waals surface area contributed by atoms with E-state index in [4.69, 9.17) is 4.74 Å². The van der Waals surface area contributed by atoms with E-state index >= 15 is 0 Å². The number of hydrogen-bond donors (Lipinski definition) is 2. The van der Waals surface area contributed by atoms with E-state index in [9.17, 15) is 5.11 Å². The summed E-state index contributed by atoms with van der Waals surface area (Å²) in [7, 11) is 0. The molecular weight excluding hydrogens is 286 g/mol. The molecule has 0 aromatic heterocycles. The minimum absolute atomic E-state index is 0.0452. The van der Waals surface area contributed by atoms with Gasteiger partial charge in [-0.1, -0.05) is 36.4 Å². The van der Waals surface area contributed by atoms with E-state index in [0.29, 0.717) is 0 Å². The van der Waals surface area contributed by atoms with E-state index in [2.05, 4.69) is 30.4 Å². The number of hydrogen-bond acceptors (Lipinski definition) is 3. The first-order valence-electron chi connectivity index (χ1n) is 7.97. The number of aromatic hydroxyl groups is 1. The molecule has 0 bridgehead atoms. The van der Waals surface area contributed by atoms with Crippen LogP contribution in [0.5, 0.6) is 11.5 Å². The van der Waals surface area contributed by atoms with Crippen molar-refractivity contribution in [2.45, 2.75) is 39.0 Å². The molecule has 2 aromatic rings. The van der Waals surface area contributed by atoms with Crippen molar-refractivity contribution >= 4 is 6.08 Å². The standard InChI is InChI=1S/C20H23NO2/c1-14(21-13-15-7-5-4-6-8-15)17-11-16-9-10-20(2,3)23-19(16)12-18(17)22/h4-12,14,21-22H,13H2,1-3H3/t14-/m0/s1. The number of phenols is 1. The molecule has 2 aromatic carbocycles. The highest BCUT2D eigenvalue weighted by Gasteiger charge is 2.23. The summed E-state index contributed by atoms with van der Waals surface area (Å²) in [5.41, 5.74) is 2.78. The first kappa shape index (κ1) is 15.6. The van der Waals surface area contributed by atoms with Gasteiger partial charge in [0.2, 0.25) is 0 Å². The summed E-state index contributed by atoms with van der Waals surface area (Å²) in [5.74, 6) is 0.997. The molecule has 3 rings (SSSR count). The second-order valence-electron chi connectivity index (χ2n) is 6.58. The average Bonchev–Trinajstić information content (AvgIpc) is 2.52. The van der Waals surface area contributed by atoms with Crippen LogP contribution in [-0.4, -0.2) is 10.7 Å². The molecule has 0 unspecified atom stereocenters. The third kappa shape index (κ3) is 3.57. The summed E-state index contributed by atoms with van der Waals surface area (Å²) in [6.45, 7) is 6.82. The minimum Gasteiger partial charge on any atom is -0.507 e. The van der Waals surface area contributed by atoms with E-state index in [-0.39, 0.29) is 17.4 Å². The summed E-state index contributed by atoms with van der Waals surface area (Å²) >= 11 is 0. The maximum Gasteiger partial charge on any atom is 0.131 e. The van der Waals surface area contributed by atoms with Crippen LogP contribution < -0.4 is 10.1 Å². The van der Waals surface area contributed by atoms with Crippen LogP contribution in [0.4, 0.5) is 0 Å². The largest absolute Gasteiger partial charge is 0.507 e. The van der Waals surface area contributed by atoms with Gasteiger partial charge in [0, 0.05) is 29.8 Å². The first-order chi connectivity index (χ1) is 10.9. The van der Waals surface area contributed by atoms with Gasteiger partial charge in [-0.05, 0) is 38.5 Å². The van der Waals surface area contributed by atoms with Gasteiger partial charge in [-0.3, -0.25) is 0 Å². The third-order valence-corrected chi connectivity index (χ3v) is 4.12. The molecule has 1 aliphatic rings. The fourth-order valence-electron chi connectivity index (χ4n) is 2.75. The van der Waals surface area contributed by atoms with Crippen molar-refractivity contribution in [3.05, 3.63) is 65.2 Å². The number of phenolic OH excluding ortho intramolecular Hbond substituents is 1. The Morgan fingerprint density at radius 1 is 1.17 bits per heavy atom. The quantitative estimate of drug-likeness (QED) is 0.878. The average molecular weight is 309 g/mol. The third-order valence-electron chi connectivity index (χ3n) is 4.12. The number of ether oxygens (including phenoxy) is 1. The lowest BCUT2D eigenvalue weighted by atomic mass is 9.98. The number of rotatable bonds is 4. The van der Waals surface area contributed by atoms with E-state index in [1.165, 1.54) is 5.56 Å². The molecule has 0 amide bonds. The predicted octanol–water partition coefficient (Wildman–Crippen LogP) is 4.43. The summed E-state index contributed by atoms with van der Waals surface area (Å²) < 4.78 is 5.90. The molecule has 0 saturated heterocycles. The Hall–Kier alpha value is -2.26. The van der Waals surface area contributed by atoms with Crippen LogP contribution in [0.15, 0.2) is 48.5 Å². The van der Waals surface area contributed by atoms with Crippen LogP contribution in [0, 0.1) is 0 Å². The van der Waals surface area contributed by atoms with E-state index in [0.717, 1.165) is 23.4 Å². The Balaban J connectivity index is 1.78. The maximum absolute atomic E-state index is 10.4. The van der Waals surface area contributed by atoms with Crippen molar-refractivity contribution in [1.29, 1.82) is 0 Å². The summed E-state index contributed by atoms with van der Waals surface area (Å²) in [6, 6.07) is 14.0. The molecular formula is C20H23NO2. The Kier molecular flexibility index (Phi) is 4.14. The zero-order valence-corrected chi connectivity index (χ0v) is 13.8. The van der Waals surface area contributed by atoms with Gasteiger partial charge in [-0.15, -0.1) is 0 Å². The molecule has 0 spiro atoms. The van der Waals surface area contributed by atoms with Gasteiger partial charge in [0.05, 0.1) is 0 Å². The number of fused-ring (bicyclic) bond motifs is 1. The molecule has 3 nitrogen and oxygen atoms in total. The molecule has 0 radical (unpaired) electrons.